The summed E-state index contributed by atoms with van der Waals surface area (Å²) in [6.07, 6.45) is 3.49. The van der Waals surface area contributed by atoms with E-state index < -0.39 is 0 Å². The molecule has 2 unspecified atom stereocenters. The van der Waals surface area contributed by atoms with Crippen molar-refractivity contribution in [3.63, 3.8) is 0 Å². The molecular formula is C15H22ClN5O2. The number of carbonyl (C=O) groups is 1. The number of nitrogens with zero attached hydrogens (tertiary/aromatic N) is 4. The van der Waals surface area contributed by atoms with E-state index in [1.54, 1.807) is 17.8 Å². The van der Waals surface area contributed by atoms with Crippen molar-refractivity contribution >= 4 is 18.3 Å². The molecule has 0 radical (unpaired) electrons. The highest BCUT2D eigenvalue weighted by molar-refractivity contribution is 5.93. The largest absolute Gasteiger partial charge is 0.440 e. The van der Waals surface area contributed by atoms with Gasteiger partial charge < -0.3 is 14.6 Å². The molecule has 2 atom stereocenters. The van der Waals surface area contributed by atoms with E-state index in [1.807, 2.05) is 18.1 Å². The number of oxazole rings is 1. The molecule has 1 aliphatic rings. The highest BCUT2D eigenvalue weighted by Crippen LogP contribution is 2.22. The fraction of sp³-hybridized carbons (Fsp3) is 0.533. The van der Waals surface area contributed by atoms with Gasteiger partial charge in [0.15, 0.2) is 5.69 Å². The highest BCUT2D eigenvalue weighted by Gasteiger charge is 2.29. The minimum Gasteiger partial charge on any atom is -0.440 e. The van der Waals surface area contributed by atoms with E-state index in [1.165, 1.54) is 0 Å². The number of halogens is 1. The van der Waals surface area contributed by atoms with Crippen LogP contribution in [0.15, 0.2) is 16.8 Å². The maximum atomic E-state index is 12.7. The van der Waals surface area contributed by atoms with E-state index in [2.05, 4.69) is 29.2 Å². The van der Waals surface area contributed by atoms with E-state index in [0.29, 0.717) is 30.4 Å². The molecular weight excluding hydrogens is 318 g/mol. The molecule has 3 heterocycles. The fourth-order valence-electron chi connectivity index (χ4n) is 2.89. The van der Waals surface area contributed by atoms with Gasteiger partial charge in [-0.25, -0.2) is 4.98 Å². The summed E-state index contributed by atoms with van der Waals surface area (Å²) in [5.74, 6) is 0.907. The van der Waals surface area contributed by atoms with Crippen molar-refractivity contribution in [2.75, 3.05) is 13.1 Å². The van der Waals surface area contributed by atoms with Crippen molar-refractivity contribution in [3.05, 3.63) is 23.8 Å². The number of aryl methyl sites for hydroxylation is 2. The Labute approximate surface area is 141 Å². The lowest BCUT2D eigenvalue weighted by atomic mass is 10.1. The summed E-state index contributed by atoms with van der Waals surface area (Å²) in [7, 11) is 1.83. The van der Waals surface area contributed by atoms with Gasteiger partial charge in [0.25, 0.3) is 5.91 Å². The second kappa shape index (κ2) is 6.72. The van der Waals surface area contributed by atoms with Gasteiger partial charge in [0.2, 0.25) is 5.89 Å². The van der Waals surface area contributed by atoms with Gasteiger partial charge in [0.1, 0.15) is 5.76 Å². The van der Waals surface area contributed by atoms with Crippen LogP contribution in [-0.4, -0.2) is 50.7 Å². The maximum absolute atomic E-state index is 12.7. The summed E-state index contributed by atoms with van der Waals surface area (Å²) in [6.45, 7) is 7.28. The van der Waals surface area contributed by atoms with E-state index in [9.17, 15) is 4.79 Å². The van der Waals surface area contributed by atoms with Crippen LogP contribution in [0.1, 0.15) is 30.1 Å². The number of carbonyl (C=O) groups excluding carboxylic acids is 1. The summed E-state index contributed by atoms with van der Waals surface area (Å²) < 4.78 is 7.33. The minimum absolute atomic E-state index is 0. The molecule has 0 spiro atoms. The van der Waals surface area contributed by atoms with Crippen molar-refractivity contribution in [1.82, 2.24) is 25.0 Å². The second-order valence-electron chi connectivity index (χ2n) is 6.01. The van der Waals surface area contributed by atoms with Gasteiger partial charge in [-0.05, 0) is 20.8 Å². The average molecular weight is 340 g/mol. The highest BCUT2D eigenvalue weighted by atomic mass is 35.5. The molecule has 1 fully saturated rings. The first-order valence-corrected chi connectivity index (χ1v) is 7.46. The molecule has 2 aromatic heterocycles. The van der Waals surface area contributed by atoms with Crippen molar-refractivity contribution < 1.29 is 9.21 Å². The summed E-state index contributed by atoms with van der Waals surface area (Å²) in [4.78, 5) is 18.9. The first-order valence-electron chi connectivity index (χ1n) is 7.46. The van der Waals surface area contributed by atoms with Crippen molar-refractivity contribution in [2.24, 2.45) is 7.05 Å². The third kappa shape index (κ3) is 3.56. The first-order chi connectivity index (χ1) is 10.4. The third-order valence-electron chi connectivity index (χ3n) is 3.80. The maximum Gasteiger partial charge on any atom is 0.276 e. The molecule has 8 heteroatoms. The number of hydrogen-bond donors (Lipinski definition) is 1. The lowest BCUT2D eigenvalue weighted by Crippen LogP contribution is -2.56. The quantitative estimate of drug-likeness (QED) is 0.900. The van der Waals surface area contributed by atoms with Crippen molar-refractivity contribution in [1.29, 1.82) is 0 Å². The Morgan fingerprint density at radius 2 is 2.00 bits per heavy atom. The predicted molar refractivity (Wildman–Crippen MR) is 88.7 cm³/mol. The average Bonchev–Trinajstić information content (AvgIpc) is 3.03. The van der Waals surface area contributed by atoms with E-state index in [-0.39, 0.29) is 30.4 Å². The van der Waals surface area contributed by atoms with Gasteiger partial charge in [-0.1, -0.05) is 0 Å². The van der Waals surface area contributed by atoms with E-state index in [4.69, 9.17) is 4.42 Å². The van der Waals surface area contributed by atoms with Gasteiger partial charge in [-0.2, -0.15) is 5.10 Å². The van der Waals surface area contributed by atoms with Crippen LogP contribution in [0, 0.1) is 6.92 Å². The van der Waals surface area contributed by atoms with Crippen LogP contribution in [0.4, 0.5) is 0 Å². The number of amides is 1. The summed E-state index contributed by atoms with van der Waals surface area (Å²) in [5, 5.41) is 7.51. The summed E-state index contributed by atoms with van der Waals surface area (Å²) >= 11 is 0. The van der Waals surface area contributed by atoms with Gasteiger partial charge in [-0.3, -0.25) is 9.48 Å². The molecule has 2 aromatic rings. The fourth-order valence-corrected chi connectivity index (χ4v) is 2.89. The summed E-state index contributed by atoms with van der Waals surface area (Å²) in [5.41, 5.74) is 1.16. The molecule has 1 amide bonds. The number of rotatable bonds is 2. The minimum atomic E-state index is -0.0726. The zero-order chi connectivity index (χ0) is 15.9. The van der Waals surface area contributed by atoms with Crippen LogP contribution >= 0.6 is 12.4 Å². The van der Waals surface area contributed by atoms with Gasteiger partial charge >= 0.3 is 0 Å². The zero-order valence-corrected chi connectivity index (χ0v) is 14.6. The summed E-state index contributed by atoms with van der Waals surface area (Å²) in [6, 6.07) is 0.551. The van der Waals surface area contributed by atoms with Gasteiger partial charge in [-0.15, -0.1) is 12.4 Å². The van der Waals surface area contributed by atoms with Gasteiger partial charge in [0.05, 0.1) is 11.8 Å². The van der Waals surface area contributed by atoms with Crippen LogP contribution in [0.3, 0.4) is 0 Å². The molecule has 23 heavy (non-hydrogen) atoms. The Bertz CT molecular complexity index is 686. The Balaban J connectivity index is 0.00000192. The number of hydrogen-bond acceptors (Lipinski definition) is 5. The molecule has 1 aliphatic heterocycles. The van der Waals surface area contributed by atoms with Crippen LogP contribution < -0.4 is 5.32 Å². The molecule has 7 nitrogen and oxygen atoms in total. The van der Waals surface area contributed by atoms with E-state index >= 15 is 0 Å². The van der Waals surface area contributed by atoms with Crippen LogP contribution in [0.2, 0.25) is 0 Å². The zero-order valence-electron chi connectivity index (χ0n) is 13.7. The SMILES string of the molecule is Cc1oc(-c2cnn(C)c2)nc1C(=O)N1CC(C)NC(C)C1.Cl. The Morgan fingerprint density at radius 1 is 1.35 bits per heavy atom. The van der Waals surface area contributed by atoms with Crippen LogP contribution in [-0.2, 0) is 7.05 Å². The topological polar surface area (TPSA) is 76.2 Å². The Kier molecular flexibility index (Phi) is 5.11. The molecule has 3 rings (SSSR count). The standard InChI is InChI=1S/C15H21N5O2.ClH/c1-9-6-20(7-10(2)17-9)15(21)13-11(3)22-14(18-13)12-5-16-19(4)8-12;/h5,8-10,17H,6-7H2,1-4H3;1H. The number of nitrogens with one attached hydrogen (secondary N) is 1. The molecule has 126 valence electrons. The predicted octanol–water partition coefficient (Wildman–Crippen LogP) is 1.63. The number of piperazine rings is 1. The van der Waals surface area contributed by atoms with Gasteiger partial charge in [0, 0.05) is 38.4 Å². The molecule has 1 N–H and O–H groups in total. The monoisotopic (exact) mass is 339 g/mol. The smallest absolute Gasteiger partial charge is 0.276 e. The third-order valence-corrected chi connectivity index (χ3v) is 3.80. The number of aromatic nitrogens is 3. The lowest BCUT2D eigenvalue weighted by Gasteiger charge is -2.35. The molecule has 0 saturated carbocycles. The first kappa shape index (κ1) is 17.5. The molecule has 0 aliphatic carbocycles. The van der Waals surface area contributed by atoms with E-state index in [0.717, 1.165) is 5.56 Å². The molecule has 0 bridgehead atoms. The van der Waals surface area contributed by atoms with Crippen LogP contribution in [0.5, 0.6) is 0 Å². The molecule has 1 saturated heterocycles. The van der Waals surface area contributed by atoms with Crippen LogP contribution in [0.25, 0.3) is 11.5 Å². The van der Waals surface area contributed by atoms with Crippen molar-refractivity contribution in [3.8, 4) is 11.5 Å². The second-order valence-corrected chi connectivity index (χ2v) is 6.01. The van der Waals surface area contributed by atoms with Crippen molar-refractivity contribution in [2.45, 2.75) is 32.9 Å². The molecule has 0 aromatic carbocycles. The Morgan fingerprint density at radius 3 is 2.57 bits per heavy atom. The normalized spacial score (nSPS) is 21.1. The lowest BCUT2D eigenvalue weighted by molar-refractivity contribution is 0.0667. The Hall–Kier alpha value is -1.86.